The van der Waals surface area contributed by atoms with E-state index in [0.717, 1.165) is 51.5 Å². The van der Waals surface area contributed by atoms with E-state index in [1.165, 1.54) is 71.6 Å². The van der Waals surface area contributed by atoms with Crippen LogP contribution in [-0.2, 0) is 5.41 Å². The topological polar surface area (TPSA) is 30.7 Å². The predicted octanol–water partition coefficient (Wildman–Crippen LogP) is 15.2. The van der Waals surface area contributed by atoms with E-state index in [-0.39, 0.29) is 5.41 Å². The molecule has 0 saturated heterocycles. The van der Waals surface area contributed by atoms with Gasteiger partial charge in [0.15, 0.2) is 5.82 Å². The van der Waals surface area contributed by atoms with Crippen LogP contribution in [-0.4, -0.2) is 14.5 Å². The highest BCUT2D eigenvalue weighted by Gasteiger charge is 2.37. The molecule has 61 heavy (non-hydrogen) atoms. The largest absolute Gasteiger partial charge is 0.309 e. The highest BCUT2D eigenvalue weighted by molar-refractivity contribution is 6.13. The van der Waals surface area contributed by atoms with E-state index in [9.17, 15) is 0 Å². The summed E-state index contributed by atoms with van der Waals surface area (Å²) >= 11 is 0. The molecular weight excluding hydrogens is 739 g/mol. The van der Waals surface area contributed by atoms with E-state index >= 15 is 0 Å². The normalized spacial score (nSPS) is 15.0. The van der Waals surface area contributed by atoms with Crippen molar-refractivity contribution in [2.75, 3.05) is 0 Å². The van der Waals surface area contributed by atoms with Crippen molar-refractivity contribution >= 4 is 38.7 Å². The molecule has 0 N–H and O–H groups in total. The number of hydrogen-bond donors (Lipinski definition) is 0. The zero-order valence-corrected chi connectivity index (χ0v) is 34.5. The minimum atomic E-state index is -0.111. The van der Waals surface area contributed by atoms with Gasteiger partial charge in [-0.15, -0.1) is 0 Å². The lowest BCUT2D eigenvalue weighted by Crippen LogP contribution is -2.16. The van der Waals surface area contributed by atoms with Crippen molar-refractivity contribution in [3.63, 3.8) is 0 Å². The Morgan fingerprint density at radius 3 is 2.15 bits per heavy atom. The Balaban J connectivity index is 1.04. The average Bonchev–Trinajstić information content (AvgIpc) is 3.76. The van der Waals surface area contributed by atoms with Crippen molar-refractivity contribution in [3.05, 3.63) is 204 Å². The number of benzene rings is 8. The van der Waals surface area contributed by atoms with Gasteiger partial charge in [0.2, 0.25) is 0 Å². The van der Waals surface area contributed by atoms with Gasteiger partial charge in [-0.25, -0.2) is 9.97 Å². The molecule has 3 heteroatoms. The van der Waals surface area contributed by atoms with E-state index in [1.54, 1.807) is 0 Å². The molecule has 10 aromatic rings. The number of rotatable bonds is 5. The summed E-state index contributed by atoms with van der Waals surface area (Å²) in [5.74, 6) is 1.08. The first-order valence-electron chi connectivity index (χ1n) is 21.5. The maximum Gasteiger partial charge on any atom is 0.160 e. The Labute approximate surface area is 356 Å². The first kappa shape index (κ1) is 35.6. The monoisotopic (exact) mass is 781 g/mol. The molecule has 8 aromatic carbocycles. The molecule has 12 rings (SSSR count). The summed E-state index contributed by atoms with van der Waals surface area (Å²) < 4.78 is 2.48. The zero-order valence-electron chi connectivity index (χ0n) is 34.5. The second-order valence-corrected chi connectivity index (χ2v) is 17.4. The van der Waals surface area contributed by atoms with Crippen molar-refractivity contribution in [2.45, 2.75) is 38.5 Å². The molecule has 0 aliphatic heterocycles. The fraction of sp³-hybridized carbons (Fsp3) is 0.103. The highest BCUT2D eigenvalue weighted by atomic mass is 15.0. The summed E-state index contributed by atoms with van der Waals surface area (Å²) in [6.07, 6.45) is 5.44. The lowest BCUT2D eigenvalue weighted by Gasteiger charge is -2.24. The SMILES string of the molecule is CC1CC=Cc2c(-c3ccccc3)nc(-c3cccc(-c4ccc5c6cc(-c7cccc8c7C(C)(C)c7ccccc7-8)ccc6n(-c6cccc7ccccc67)c5c4)c3)nc21. The third kappa shape index (κ3) is 5.50. The van der Waals surface area contributed by atoms with Crippen molar-refractivity contribution in [3.8, 4) is 61.7 Å². The van der Waals surface area contributed by atoms with Crippen LogP contribution in [0.2, 0.25) is 0 Å². The molecule has 3 nitrogen and oxygen atoms in total. The second-order valence-electron chi connectivity index (χ2n) is 17.4. The van der Waals surface area contributed by atoms with Gasteiger partial charge in [-0.2, -0.15) is 0 Å². The fourth-order valence-corrected chi connectivity index (χ4v) is 10.4. The fourth-order valence-electron chi connectivity index (χ4n) is 10.4. The molecule has 1 unspecified atom stereocenters. The van der Waals surface area contributed by atoms with Gasteiger partial charge < -0.3 is 4.57 Å². The van der Waals surface area contributed by atoms with Gasteiger partial charge >= 0.3 is 0 Å². The van der Waals surface area contributed by atoms with Crippen molar-refractivity contribution in [1.29, 1.82) is 0 Å². The van der Waals surface area contributed by atoms with Gasteiger partial charge in [-0.3, -0.25) is 0 Å². The van der Waals surface area contributed by atoms with Crippen molar-refractivity contribution in [1.82, 2.24) is 14.5 Å². The van der Waals surface area contributed by atoms with E-state index < -0.39 is 0 Å². The van der Waals surface area contributed by atoms with Crippen LogP contribution in [0.25, 0.3) is 100 Å². The maximum absolute atomic E-state index is 5.27. The third-order valence-electron chi connectivity index (χ3n) is 13.4. The lowest BCUT2D eigenvalue weighted by atomic mass is 9.79. The number of hydrogen-bond acceptors (Lipinski definition) is 2. The summed E-state index contributed by atoms with van der Waals surface area (Å²) in [5, 5.41) is 4.92. The molecule has 2 aliphatic carbocycles. The van der Waals surface area contributed by atoms with Crippen molar-refractivity contribution < 1.29 is 0 Å². The molecule has 1 atom stereocenters. The van der Waals surface area contributed by atoms with Crippen LogP contribution in [0.3, 0.4) is 0 Å². The molecule has 2 aliphatic rings. The molecule has 0 radical (unpaired) electrons. The minimum absolute atomic E-state index is 0.111. The van der Waals surface area contributed by atoms with E-state index in [0.29, 0.717) is 5.92 Å². The van der Waals surface area contributed by atoms with Gasteiger partial charge in [-0.05, 0) is 86.6 Å². The minimum Gasteiger partial charge on any atom is -0.309 e. The number of allylic oxidation sites excluding steroid dienone is 1. The summed E-state index contributed by atoms with van der Waals surface area (Å²) in [5.41, 5.74) is 19.1. The summed E-state index contributed by atoms with van der Waals surface area (Å²) in [6.45, 7) is 7.02. The second kappa shape index (κ2) is 13.6. The molecule has 0 bridgehead atoms. The van der Waals surface area contributed by atoms with Gasteiger partial charge in [0.25, 0.3) is 0 Å². The van der Waals surface area contributed by atoms with Crippen LogP contribution in [0, 0.1) is 0 Å². The quantitative estimate of drug-likeness (QED) is 0.174. The molecule has 2 aromatic heterocycles. The Morgan fingerprint density at radius 2 is 1.23 bits per heavy atom. The third-order valence-corrected chi connectivity index (χ3v) is 13.4. The van der Waals surface area contributed by atoms with Crippen LogP contribution in [0.1, 0.15) is 55.5 Å². The summed E-state index contributed by atoms with van der Waals surface area (Å²) in [6, 6.07) is 64.5. The van der Waals surface area contributed by atoms with Gasteiger partial charge in [-0.1, -0.05) is 179 Å². The zero-order chi connectivity index (χ0) is 40.8. The molecule has 2 heterocycles. The van der Waals surface area contributed by atoms with E-state index in [1.807, 2.05) is 0 Å². The molecule has 0 fully saturated rings. The smallest absolute Gasteiger partial charge is 0.160 e. The Bertz CT molecular complexity index is 3430. The molecule has 0 saturated carbocycles. The average molecular weight is 782 g/mol. The van der Waals surface area contributed by atoms with Gasteiger partial charge in [0.05, 0.1) is 28.1 Å². The number of fused-ring (bicyclic) bond motifs is 8. The van der Waals surface area contributed by atoms with Gasteiger partial charge in [0, 0.05) is 44.2 Å². The Hall–Kier alpha value is -7.36. The molecule has 0 spiro atoms. The molecular formula is C58H43N3. The number of nitrogens with zero attached hydrogens (tertiary/aromatic N) is 3. The highest BCUT2D eigenvalue weighted by Crippen LogP contribution is 2.52. The predicted molar refractivity (Wildman–Crippen MR) is 255 cm³/mol. The van der Waals surface area contributed by atoms with E-state index in [2.05, 4.69) is 213 Å². The summed E-state index contributed by atoms with van der Waals surface area (Å²) in [4.78, 5) is 10.5. The molecule has 0 amide bonds. The first-order valence-corrected chi connectivity index (χ1v) is 21.5. The standard InChI is InChI=1S/C58H43N3/c1-36-15-11-26-48-55(36)59-57(60-56(48)38-17-5-4-6-18-38)42-21-12-20-39(33-42)40-29-31-46-49-34-41(44-24-14-25-47-45-23-9-10-27-50(45)58(2,3)54(44)47)30-32-52(49)61(53(46)35-40)51-28-13-19-37-16-7-8-22-43(37)51/h4-14,16-36H,15H2,1-3H3. The Morgan fingerprint density at radius 1 is 0.525 bits per heavy atom. The number of aromatic nitrogens is 3. The van der Waals surface area contributed by atoms with Crippen LogP contribution in [0.4, 0.5) is 0 Å². The maximum atomic E-state index is 5.27. The molecule has 290 valence electrons. The van der Waals surface area contributed by atoms with Crippen LogP contribution >= 0.6 is 0 Å². The Kier molecular flexibility index (Phi) is 7.92. The first-order chi connectivity index (χ1) is 29.9. The van der Waals surface area contributed by atoms with Crippen LogP contribution in [0.5, 0.6) is 0 Å². The van der Waals surface area contributed by atoms with Crippen LogP contribution in [0.15, 0.2) is 182 Å². The van der Waals surface area contributed by atoms with Crippen LogP contribution < -0.4 is 0 Å². The summed E-state index contributed by atoms with van der Waals surface area (Å²) in [7, 11) is 0. The van der Waals surface area contributed by atoms with Crippen molar-refractivity contribution in [2.24, 2.45) is 0 Å². The van der Waals surface area contributed by atoms with Gasteiger partial charge in [0.1, 0.15) is 0 Å². The van der Waals surface area contributed by atoms with E-state index in [4.69, 9.17) is 9.97 Å². The lowest BCUT2D eigenvalue weighted by molar-refractivity contribution is 0.662.